The van der Waals surface area contributed by atoms with E-state index < -0.39 is 5.97 Å². The van der Waals surface area contributed by atoms with Crippen molar-refractivity contribution in [3.63, 3.8) is 0 Å². The Bertz CT molecular complexity index is 818. The number of likely N-dealkylation sites (tertiary alicyclic amines) is 1. The highest BCUT2D eigenvalue weighted by atomic mass is 16.5. The van der Waals surface area contributed by atoms with Crippen molar-refractivity contribution >= 4 is 23.5 Å². The maximum Gasteiger partial charge on any atom is 0.338 e. The van der Waals surface area contributed by atoms with Crippen molar-refractivity contribution in [3.05, 3.63) is 65.7 Å². The summed E-state index contributed by atoms with van der Waals surface area (Å²) in [6, 6.07) is 16.2. The van der Waals surface area contributed by atoms with Crippen molar-refractivity contribution in [2.24, 2.45) is 5.92 Å². The van der Waals surface area contributed by atoms with Crippen LogP contribution >= 0.6 is 0 Å². The number of hydrogen-bond donors (Lipinski definition) is 1. The molecule has 0 radical (unpaired) electrons. The van der Waals surface area contributed by atoms with Gasteiger partial charge in [-0.05, 0) is 36.8 Å². The molecule has 2 aromatic carbocycles. The van der Waals surface area contributed by atoms with Gasteiger partial charge >= 0.3 is 5.97 Å². The molecular weight excluding hydrogens is 344 g/mol. The minimum absolute atomic E-state index is 0.0170. The van der Waals surface area contributed by atoms with Crippen molar-refractivity contribution in [2.75, 3.05) is 18.5 Å². The number of rotatable bonds is 6. The molecule has 1 fully saturated rings. The number of carbonyl (C=O) groups excluding carboxylic acids is 3. The molecule has 140 valence electrons. The Balaban J connectivity index is 1.57. The number of nitrogens with one attached hydrogen (secondary N) is 1. The Morgan fingerprint density at radius 2 is 1.81 bits per heavy atom. The lowest BCUT2D eigenvalue weighted by atomic mass is 10.1. The Hall–Kier alpha value is -3.15. The second-order valence-corrected chi connectivity index (χ2v) is 6.45. The molecular formula is C21H22N2O4. The van der Waals surface area contributed by atoms with Gasteiger partial charge in [0.15, 0.2) is 0 Å². The number of benzene rings is 2. The lowest BCUT2D eigenvalue weighted by Gasteiger charge is -2.16. The molecule has 0 aliphatic carbocycles. The van der Waals surface area contributed by atoms with Crippen LogP contribution in [0.1, 0.15) is 29.3 Å². The van der Waals surface area contributed by atoms with Crippen LogP contribution in [-0.2, 0) is 20.9 Å². The first-order valence-corrected chi connectivity index (χ1v) is 8.96. The first-order chi connectivity index (χ1) is 13.1. The standard InChI is InChI=1S/C21H22N2O4/c1-2-27-21(26)16-8-10-18(11-9-16)22-20(25)17-12-19(24)23(14-17)13-15-6-4-3-5-7-15/h3-11,17H,2,12-14H2,1H3,(H,22,25)/t17-/m1/s1. The number of amides is 2. The second kappa shape index (κ2) is 8.49. The summed E-state index contributed by atoms with van der Waals surface area (Å²) in [4.78, 5) is 38.1. The zero-order valence-electron chi connectivity index (χ0n) is 15.2. The first-order valence-electron chi connectivity index (χ1n) is 8.96. The lowest BCUT2D eigenvalue weighted by molar-refractivity contribution is -0.128. The fourth-order valence-electron chi connectivity index (χ4n) is 3.05. The summed E-state index contributed by atoms with van der Waals surface area (Å²) in [6.07, 6.45) is 0.208. The van der Waals surface area contributed by atoms with Gasteiger partial charge in [0.25, 0.3) is 0 Å². The average molecular weight is 366 g/mol. The van der Waals surface area contributed by atoms with Crippen LogP contribution in [0.25, 0.3) is 0 Å². The van der Waals surface area contributed by atoms with Crippen molar-refractivity contribution in [1.29, 1.82) is 0 Å². The van der Waals surface area contributed by atoms with Gasteiger partial charge in [-0.2, -0.15) is 0 Å². The number of nitrogens with zero attached hydrogens (tertiary/aromatic N) is 1. The van der Waals surface area contributed by atoms with E-state index in [4.69, 9.17) is 4.74 Å². The number of ether oxygens (including phenoxy) is 1. The van der Waals surface area contributed by atoms with Crippen LogP contribution in [0.15, 0.2) is 54.6 Å². The summed E-state index contributed by atoms with van der Waals surface area (Å²) >= 11 is 0. The van der Waals surface area contributed by atoms with Crippen LogP contribution in [0.4, 0.5) is 5.69 Å². The third kappa shape index (κ3) is 4.73. The molecule has 1 saturated heterocycles. The van der Waals surface area contributed by atoms with Gasteiger partial charge < -0.3 is 15.0 Å². The highest BCUT2D eigenvalue weighted by molar-refractivity contribution is 5.97. The van der Waals surface area contributed by atoms with Crippen molar-refractivity contribution < 1.29 is 19.1 Å². The molecule has 1 N–H and O–H groups in total. The SMILES string of the molecule is CCOC(=O)c1ccc(NC(=O)[C@@H]2CC(=O)N(Cc3ccccc3)C2)cc1. The van der Waals surface area contributed by atoms with Crippen molar-refractivity contribution in [3.8, 4) is 0 Å². The van der Waals surface area contributed by atoms with E-state index in [0.29, 0.717) is 30.9 Å². The summed E-state index contributed by atoms with van der Waals surface area (Å²) < 4.78 is 4.93. The summed E-state index contributed by atoms with van der Waals surface area (Å²) in [6.45, 7) is 2.97. The molecule has 0 saturated carbocycles. The lowest BCUT2D eigenvalue weighted by Crippen LogP contribution is -2.28. The Kier molecular flexibility index (Phi) is 5.86. The number of hydrogen-bond acceptors (Lipinski definition) is 4. The maximum atomic E-state index is 12.5. The Labute approximate surface area is 158 Å². The first kappa shape index (κ1) is 18.6. The van der Waals surface area contributed by atoms with Crippen LogP contribution in [-0.4, -0.2) is 35.8 Å². The van der Waals surface area contributed by atoms with Gasteiger partial charge in [-0.1, -0.05) is 30.3 Å². The molecule has 1 aliphatic rings. The molecule has 1 heterocycles. The van der Waals surface area contributed by atoms with Crippen LogP contribution in [0.2, 0.25) is 0 Å². The quantitative estimate of drug-likeness (QED) is 0.798. The molecule has 2 aromatic rings. The Morgan fingerprint density at radius 3 is 2.48 bits per heavy atom. The summed E-state index contributed by atoms with van der Waals surface area (Å²) in [7, 11) is 0. The fraction of sp³-hybridized carbons (Fsp3) is 0.286. The molecule has 3 rings (SSSR count). The number of carbonyl (C=O) groups is 3. The topological polar surface area (TPSA) is 75.7 Å². The minimum Gasteiger partial charge on any atom is -0.462 e. The molecule has 2 amide bonds. The highest BCUT2D eigenvalue weighted by Crippen LogP contribution is 2.22. The van der Waals surface area contributed by atoms with E-state index in [-0.39, 0.29) is 24.2 Å². The van der Waals surface area contributed by atoms with Crippen molar-refractivity contribution in [2.45, 2.75) is 19.9 Å². The normalized spacial score (nSPS) is 16.3. The molecule has 0 unspecified atom stereocenters. The molecule has 0 aromatic heterocycles. The highest BCUT2D eigenvalue weighted by Gasteiger charge is 2.34. The van der Waals surface area contributed by atoms with Gasteiger partial charge in [-0.15, -0.1) is 0 Å². The van der Waals surface area contributed by atoms with Gasteiger partial charge in [0.05, 0.1) is 18.1 Å². The fourth-order valence-corrected chi connectivity index (χ4v) is 3.05. The zero-order valence-corrected chi connectivity index (χ0v) is 15.2. The van der Waals surface area contributed by atoms with Crippen LogP contribution < -0.4 is 5.32 Å². The third-order valence-corrected chi connectivity index (χ3v) is 4.47. The molecule has 0 spiro atoms. The van der Waals surface area contributed by atoms with E-state index in [1.54, 1.807) is 36.1 Å². The third-order valence-electron chi connectivity index (χ3n) is 4.47. The summed E-state index contributed by atoms with van der Waals surface area (Å²) in [5.41, 5.74) is 2.06. The van der Waals surface area contributed by atoms with Crippen LogP contribution in [0, 0.1) is 5.92 Å². The van der Waals surface area contributed by atoms with Crippen LogP contribution in [0.5, 0.6) is 0 Å². The van der Waals surface area contributed by atoms with E-state index in [1.165, 1.54) is 0 Å². The van der Waals surface area contributed by atoms with Gasteiger partial charge in [0.2, 0.25) is 11.8 Å². The summed E-state index contributed by atoms with van der Waals surface area (Å²) in [5, 5.41) is 2.82. The molecule has 6 nitrogen and oxygen atoms in total. The van der Waals surface area contributed by atoms with Gasteiger partial charge in [0.1, 0.15) is 0 Å². The van der Waals surface area contributed by atoms with E-state index in [2.05, 4.69) is 5.32 Å². The van der Waals surface area contributed by atoms with E-state index >= 15 is 0 Å². The molecule has 1 atom stereocenters. The number of esters is 1. The largest absolute Gasteiger partial charge is 0.462 e. The summed E-state index contributed by atoms with van der Waals surface area (Å²) in [5.74, 6) is -0.987. The molecule has 1 aliphatic heterocycles. The number of anilines is 1. The maximum absolute atomic E-state index is 12.5. The second-order valence-electron chi connectivity index (χ2n) is 6.45. The van der Waals surface area contributed by atoms with Gasteiger partial charge in [-0.25, -0.2) is 4.79 Å². The molecule has 0 bridgehead atoms. The monoisotopic (exact) mass is 366 g/mol. The predicted molar refractivity (Wildman–Crippen MR) is 101 cm³/mol. The van der Waals surface area contributed by atoms with Gasteiger partial charge in [-0.3, -0.25) is 9.59 Å². The van der Waals surface area contributed by atoms with Crippen LogP contribution in [0.3, 0.4) is 0 Å². The van der Waals surface area contributed by atoms with E-state index in [1.807, 2.05) is 30.3 Å². The smallest absolute Gasteiger partial charge is 0.338 e. The van der Waals surface area contributed by atoms with E-state index in [9.17, 15) is 14.4 Å². The zero-order chi connectivity index (χ0) is 19.2. The Morgan fingerprint density at radius 1 is 1.11 bits per heavy atom. The average Bonchev–Trinajstić information content (AvgIpc) is 3.04. The van der Waals surface area contributed by atoms with Gasteiger partial charge in [0, 0.05) is 25.2 Å². The minimum atomic E-state index is -0.395. The van der Waals surface area contributed by atoms with Crippen molar-refractivity contribution in [1.82, 2.24) is 4.90 Å². The van der Waals surface area contributed by atoms with E-state index in [0.717, 1.165) is 5.56 Å². The molecule has 27 heavy (non-hydrogen) atoms. The molecule has 6 heteroatoms. The predicted octanol–water partition coefficient (Wildman–Crippen LogP) is 2.85.